The van der Waals surface area contributed by atoms with Crippen molar-refractivity contribution in [1.82, 2.24) is 19.8 Å². The van der Waals surface area contributed by atoms with E-state index in [1.807, 2.05) is 4.90 Å². The van der Waals surface area contributed by atoms with E-state index in [1.165, 1.54) is 18.3 Å². The minimum Gasteiger partial charge on any atom is -0.382 e. The number of rotatable bonds is 4. The molecule has 1 saturated heterocycles. The first-order valence-corrected chi connectivity index (χ1v) is 10.3. The van der Waals surface area contributed by atoms with Gasteiger partial charge in [0.25, 0.3) is 5.91 Å². The molecule has 2 fully saturated rings. The molecule has 2 aromatic heterocycles. The van der Waals surface area contributed by atoms with Crippen LogP contribution in [0.25, 0.3) is 22.2 Å². The Kier molecular flexibility index (Phi) is 4.57. The molecule has 1 aliphatic carbocycles. The summed E-state index contributed by atoms with van der Waals surface area (Å²) >= 11 is 0. The summed E-state index contributed by atoms with van der Waals surface area (Å²) in [6.45, 7) is 1.11. The van der Waals surface area contributed by atoms with Gasteiger partial charge in [-0.05, 0) is 37.1 Å². The van der Waals surface area contributed by atoms with Crippen LogP contribution in [0.5, 0.6) is 0 Å². The van der Waals surface area contributed by atoms with E-state index in [-0.39, 0.29) is 35.4 Å². The number of anilines is 1. The summed E-state index contributed by atoms with van der Waals surface area (Å²) in [5.41, 5.74) is 8.01. The van der Waals surface area contributed by atoms with Gasteiger partial charge in [0.1, 0.15) is 17.2 Å². The van der Waals surface area contributed by atoms with Gasteiger partial charge in [-0.25, -0.2) is 14.4 Å². The average molecular weight is 419 g/mol. The lowest BCUT2D eigenvalue weighted by atomic mass is 10.0. The molecule has 3 aromatic rings. The highest BCUT2D eigenvalue weighted by Gasteiger charge is 2.41. The van der Waals surface area contributed by atoms with Crippen LogP contribution in [-0.4, -0.2) is 57.8 Å². The molecule has 0 atom stereocenters. The Bertz CT molecular complexity index is 1200. The van der Waals surface area contributed by atoms with E-state index in [4.69, 9.17) is 5.73 Å². The number of likely N-dealkylation sites (tertiary alicyclic amines) is 1. The van der Waals surface area contributed by atoms with Crippen LogP contribution >= 0.6 is 0 Å². The van der Waals surface area contributed by atoms with Crippen LogP contribution < -0.4 is 5.73 Å². The predicted octanol–water partition coefficient (Wildman–Crippen LogP) is 2.71. The average Bonchev–Trinajstić information content (AvgIpc) is 3.57. The summed E-state index contributed by atoms with van der Waals surface area (Å²) in [6.07, 6.45) is 3.41. The molecule has 1 aromatic carbocycles. The van der Waals surface area contributed by atoms with Crippen molar-refractivity contribution in [2.45, 2.75) is 18.9 Å². The van der Waals surface area contributed by atoms with Crippen LogP contribution in [0, 0.1) is 11.7 Å². The first-order valence-electron chi connectivity index (χ1n) is 10.3. The van der Waals surface area contributed by atoms with Crippen molar-refractivity contribution in [3.8, 4) is 11.3 Å². The van der Waals surface area contributed by atoms with Crippen LogP contribution in [0.4, 0.5) is 10.2 Å². The molecule has 158 valence electrons. The molecule has 7 nitrogen and oxygen atoms in total. The Morgan fingerprint density at radius 3 is 2.68 bits per heavy atom. The van der Waals surface area contributed by atoms with Crippen molar-refractivity contribution in [2.75, 3.05) is 25.9 Å². The summed E-state index contributed by atoms with van der Waals surface area (Å²) in [5, 5.41) is 0.592. The molecule has 31 heavy (non-hydrogen) atoms. The minimum atomic E-state index is -0.356. The summed E-state index contributed by atoms with van der Waals surface area (Å²) in [6, 6.07) is 9.62. The van der Waals surface area contributed by atoms with Gasteiger partial charge < -0.3 is 15.5 Å². The summed E-state index contributed by atoms with van der Waals surface area (Å²) < 4.78 is 13.6. The Labute approximate surface area is 178 Å². The van der Waals surface area contributed by atoms with E-state index in [2.05, 4.69) is 9.97 Å². The second-order valence-corrected chi connectivity index (χ2v) is 8.25. The van der Waals surface area contributed by atoms with Crippen LogP contribution in [0.3, 0.4) is 0 Å². The third-order valence-corrected chi connectivity index (χ3v) is 6.08. The smallest absolute Gasteiger partial charge is 0.256 e. The highest BCUT2D eigenvalue weighted by molar-refractivity contribution is 6.08. The summed E-state index contributed by atoms with van der Waals surface area (Å²) in [5.74, 6) is 0.0423. The van der Waals surface area contributed by atoms with Gasteiger partial charge in [-0.2, -0.15) is 0 Å². The van der Waals surface area contributed by atoms with Gasteiger partial charge >= 0.3 is 0 Å². The van der Waals surface area contributed by atoms with Gasteiger partial charge in [0.15, 0.2) is 0 Å². The topological polar surface area (TPSA) is 92.4 Å². The molecule has 2 aliphatic rings. The Morgan fingerprint density at radius 2 is 1.97 bits per heavy atom. The molecule has 0 bridgehead atoms. The van der Waals surface area contributed by atoms with Gasteiger partial charge in [-0.15, -0.1) is 0 Å². The van der Waals surface area contributed by atoms with Crippen LogP contribution in [0.15, 0.2) is 42.6 Å². The molecule has 3 heterocycles. The molecule has 0 spiro atoms. The number of carbonyl (C=O) groups excluding carboxylic acids is 2. The first-order chi connectivity index (χ1) is 14.9. The number of hydrogen-bond acceptors (Lipinski definition) is 5. The molecule has 8 heteroatoms. The highest BCUT2D eigenvalue weighted by Crippen LogP contribution is 2.33. The van der Waals surface area contributed by atoms with E-state index in [0.29, 0.717) is 40.8 Å². The van der Waals surface area contributed by atoms with E-state index in [0.717, 1.165) is 12.8 Å². The fraction of sp³-hybridized carbons (Fsp3) is 0.304. The lowest BCUT2D eigenvalue weighted by Gasteiger charge is -2.44. The maximum absolute atomic E-state index is 13.6. The molecule has 2 amide bonds. The minimum absolute atomic E-state index is 0.0256. The lowest BCUT2D eigenvalue weighted by molar-refractivity contribution is -0.139. The van der Waals surface area contributed by atoms with Gasteiger partial charge in [0.05, 0.1) is 17.3 Å². The zero-order chi connectivity index (χ0) is 21.7. The number of fused-ring (bicyclic) bond motifs is 1. The molecule has 2 N–H and O–H groups in total. The largest absolute Gasteiger partial charge is 0.382 e. The summed E-state index contributed by atoms with van der Waals surface area (Å²) in [7, 11) is 1.74. The molecule has 1 saturated carbocycles. The second-order valence-electron chi connectivity index (χ2n) is 8.25. The number of nitrogens with zero attached hydrogens (tertiary/aromatic N) is 4. The SMILES string of the molecule is CN(C(=O)c1cnc(N)c2nc(-c3cccc(F)c3)ccc12)C1CN(C(=O)C2CC2)C1. The zero-order valence-electron chi connectivity index (χ0n) is 17.1. The maximum Gasteiger partial charge on any atom is 0.256 e. The first kappa shape index (κ1) is 19.4. The van der Waals surface area contributed by atoms with Crippen molar-refractivity contribution in [2.24, 2.45) is 5.92 Å². The van der Waals surface area contributed by atoms with Gasteiger partial charge in [-0.3, -0.25) is 9.59 Å². The molecule has 5 rings (SSSR count). The zero-order valence-corrected chi connectivity index (χ0v) is 17.1. The number of likely N-dealkylation sites (N-methyl/N-ethyl adjacent to an activating group) is 1. The maximum atomic E-state index is 13.6. The number of benzene rings is 1. The van der Waals surface area contributed by atoms with E-state index < -0.39 is 0 Å². The molecular weight excluding hydrogens is 397 g/mol. The third kappa shape index (κ3) is 3.48. The summed E-state index contributed by atoms with van der Waals surface area (Å²) in [4.78, 5) is 37.5. The van der Waals surface area contributed by atoms with E-state index in [1.54, 1.807) is 36.2 Å². The number of amides is 2. The molecule has 1 aliphatic heterocycles. The van der Waals surface area contributed by atoms with Crippen LogP contribution in [0.1, 0.15) is 23.2 Å². The van der Waals surface area contributed by atoms with Crippen LogP contribution in [-0.2, 0) is 4.79 Å². The number of halogens is 1. The van der Waals surface area contributed by atoms with E-state index >= 15 is 0 Å². The normalized spacial score (nSPS) is 16.3. The Balaban J connectivity index is 1.41. The number of pyridine rings is 2. The lowest BCUT2D eigenvalue weighted by Crippen LogP contribution is -2.61. The number of aromatic nitrogens is 2. The number of hydrogen-bond donors (Lipinski definition) is 1. The quantitative estimate of drug-likeness (QED) is 0.702. The highest BCUT2D eigenvalue weighted by atomic mass is 19.1. The Morgan fingerprint density at radius 1 is 1.19 bits per heavy atom. The third-order valence-electron chi connectivity index (χ3n) is 6.08. The van der Waals surface area contributed by atoms with Crippen molar-refractivity contribution < 1.29 is 14.0 Å². The van der Waals surface area contributed by atoms with Crippen molar-refractivity contribution >= 4 is 28.5 Å². The molecule has 0 radical (unpaired) electrons. The Hall–Kier alpha value is -3.55. The monoisotopic (exact) mass is 419 g/mol. The predicted molar refractivity (Wildman–Crippen MR) is 115 cm³/mol. The number of nitrogen functional groups attached to an aromatic ring is 1. The van der Waals surface area contributed by atoms with Gasteiger partial charge in [0.2, 0.25) is 5.91 Å². The second kappa shape index (κ2) is 7.30. The van der Waals surface area contributed by atoms with E-state index in [9.17, 15) is 14.0 Å². The standard InChI is InChI=1S/C23H22FN5O2/c1-28(16-11-29(12-16)22(30)13-5-6-13)23(31)18-10-26-21(25)20-17(18)7-8-19(27-20)14-3-2-4-15(24)9-14/h2-4,7-10,13,16H,5-6,11-12H2,1H3,(H2,25,26). The number of carbonyl (C=O) groups is 2. The molecular formula is C23H22FN5O2. The van der Waals surface area contributed by atoms with Crippen molar-refractivity contribution in [3.63, 3.8) is 0 Å². The van der Waals surface area contributed by atoms with Crippen molar-refractivity contribution in [1.29, 1.82) is 0 Å². The fourth-order valence-electron chi connectivity index (χ4n) is 3.94. The number of nitrogens with two attached hydrogens (primary N) is 1. The van der Waals surface area contributed by atoms with Gasteiger partial charge in [-0.1, -0.05) is 12.1 Å². The van der Waals surface area contributed by atoms with Crippen molar-refractivity contribution in [3.05, 3.63) is 54.0 Å². The van der Waals surface area contributed by atoms with Gasteiger partial charge in [0, 0.05) is 43.2 Å². The molecule has 0 unspecified atom stereocenters. The van der Waals surface area contributed by atoms with Crippen LogP contribution in [0.2, 0.25) is 0 Å². The fourth-order valence-corrected chi connectivity index (χ4v) is 3.94.